The van der Waals surface area contributed by atoms with E-state index in [0.717, 1.165) is 24.2 Å². The van der Waals surface area contributed by atoms with Gasteiger partial charge in [-0.1, -0.05) is 12.1 Å². The molecular weight excluding hydrogens is 322 g/mol. The number of anilines is 1. The van der Waals surface area contributed by atoms with Gasteiger partial charge in [-0.3, -0.25) is 0 Å². The molecule has 0 unspecified atom stereocenters. The number of thioether (sulfide) groups is 1. The first-order chi connectivity index (χ1) is 11.8. The van der Waals surface area contributed by atoms with Crippen LogP contribution in [0.15, 0.2) is 47.3 Å². The van der Waals surface area contributed by atoms with Crippen molar-refractivity contribution in [2.24, 2.45) is 0 Å². The highest BCUT2D eigenvalue weighted by molar-refractivity contribution is 7.99. The van der Waals surface area contributed by atoms with Crippen molar-refractivity contribution in [3.05, 3.63) is 54.0 Å². The van der Waals surface area contributed by atoms with Gasteiger partial charge in [0.25, 0.3) is 0 Å². The smallest absolute Gasteiger partial charge is 0.319 e. The highest BCUT2D eigenvalue weighted by Crippen LogP contribution is 2.13. The molecule has 1 aromatic heterocycles. The molecule has 24 heavy (non-hydrogen) atoms. The van der Waals surface area contributed by atoms with E-state index in [-0.39, 0.29) is 6.03 Å². The van der Waals surface area contributed by atoms with Gasteiger partial charge in [0.1, 0.15) is 0 Å². The number of furan rings is 1. The van der Waals surface area contributed by atoms with Crippen LogP contribution in [0.2, 0.25) is 0 Å². The average Bonchev–Trinajstić information content (AvgIpc) is 3.14. The number of amides is 2. The van der Waals surface area contributed by atoms with Crippen molar-refractivity contribution in [3.63, 3.8) is 0 Å². The molecule has 2 heterocycles. The van der Waals surface area contributed by atoms with Crippen LogP contribution in [-0.4, -0.2) is 42.1 Å². The van der Waals surface area contributed by atoms with Gasteiger partial charge < -0.3 is 20.0 Å². The summed E-state index contributed by atoms with van der Waals surface area (Å²) in [6.45, 7) is 3.95. The summed E-state index contributed by atoms with van der Waals surface area (Å²) in [5.74, 6) is 2.49. The summed E-state index contributed by atoms with van der Waals surface area (Å²) in [5, 5.41) is 5.64. The van der Waals surface area contributed by atoms with Gasteiger partial charge in [-0.25, -0.2) is 4.79 Å². The normalized spacial score (nSPS) is 15.2. The molecule has 0 bridgehead atoms. The summed E-state index contributed by atoms with van der Waals surface area (Å²) in [5.41, 5.74) is 3.05. The maximum absolute atomic E-state index is 11.9. The van der Waals surface area contributed by atoms with Crippen LogP contribution in [-0.2, 0) is 13.0 Å². The molecule has 0 spiro atoms. The second kappa shape index (κ2) is 8.80. The lowest BCUT2D eigenvalue weighted by atomic mass is 10.1. The Hall–Kier alpha value is -1.92. The minimum Gasteiger partial charge on any atom is -0.472 e. The molecule has 0 saturated carbocycles. The van der Waals surface area contributed by atoms with Crippen molar-refractivity contribution in [1.82, 2.24) is 10.2 Å². The largest absolute Gasteiger partial charge is 0.472 e. The van der Waals surface area contributed by atoms with E-state index in [0.29, 0.717) is 6.54 Å². The van der Waals surface area contributed by atoms with Gasteiger partial charge in [0.05, 0.1) is 12.5 Å². The first kappa shape index (κ1) is 16.9. The first-order valence-corrected chi connectivity index (χ1v) is 9.40. The Bertz CT molecular complexity index is 622. The minimum atomic E-state index is -0.213. The maximum atomic E-state index is 11.9. The van der Waals surface area contributed by atoms with Crippen molar-refractivity contribution in [2.75, 3.05) is 36.5 Å². The SMILES string of the molecule is O=C(NCc1ccoc1)Nc1ccc(CCN2CCSCC2)cc1. The number of hydrogen-bond acceptors (Lipinski definition) is 4. The summed E-state index contributed by atoms with van der Waals surface area (Å²) in [6, 6.07) is 9.71. The number of carbonyl (C=O) groups excluding carboxylic acids is 1. The standard InChI is InChI=1S/C18H23N3O2S/c22-18(19-13-16-6-10-23-14-16)20-17-3-1-15(2-4-17)5-7-21-8-11-24-12-9-21/h1-4,6,10,14H,5,7-9,11-13H2,(H2,19,20,22). The van der Waals surface area contributed by atoms with Crippen LogP contribution in [0.1, 0.15) is 11.1 Å². The number of nitrogens with zero attached hydrogens (tertiary/aromatic N) is 1. The fourth-order valence-electron chi connectivity index (χ4n) is 2.62. The predicted molar refractivity (Wildman–Crippen MR) is 98.5 cm³/mol. The Balaban J connectivity index is 1.41. The van der Waals surface area contributed by atoms with Crippen LogP contribution in [0.3, 0.4) is 0 Å². The molecular formula is C18H23N3O2S. The van der Waals surface area contributed by atoms with Crippen LogP contribution in [0, 0.1) is 0 Å². The molecule has 128 valence electrons. The first-order valence-electron chi connectivity index (χ1n) is 8.24. The van der Waals surface area contributed by atoms with Crippen LogP contribution in [0.25, 0.3) is 0 Å². The van der Waals surface area contributed by atoms with Crippen LogP contribution >= 0.6 is 11.8 Å². The van der Waals surface area contributed by atoms with E-state index in [1.807, 2.05) is 30.0 Å². The molecule has 2 aromatic rings. The Morgan fingerprint density at radius 2 is 1.92 bits per heavy atom. The predicted octanol–water partition coefficient (Wildman–Crippen LogP) is 3.19. The van der Waals surface area contributed by atoms with Gasteiger partial charge in [0, 0.05) is 48.9 Å². The van der Waals surface area contributed by atoms with Crippen molar-refractivity contribution < 1.29 is 9.21 Å². The van der Waals surface area contributed by atoms with Gasteiger partial charge >= 0.3 is 6.03 Å². The van der Waals surface area contributed by atoms with Gasteiger partial charge in [-0.05, 0) is 30.2 Å². The third kappa shape index (κ3) is 5.32. The fraction of sp³-hybridized carbons (Fsp3) is 0.389. The molecule has 1 aromatic carbocycles. The summed E-state index contributed by atoms with van der Waals surface area (Å²) < 4.78 is 4.97. The molecule has 5 nitrogen and oxygen atoms in total. The molecule has 1 aliphatic rings. The van der Waals surface area contributed by atoms with Crippen molar-refractivity contribution in [1.29, 1.82) is 0 Å². The average molecular weight is 345 g/mol. The molecule has 1 saturated heterocycles. The molecule has 1 aliphatic heterocycles. The Morgan fingerprint density at radius 1 is 1.12 bits per heavy atom. The highest BCUT2D eigenvalue weighted by Gasteiger charge is 2.10. The summed E-state index contributed by atoms with van der Waals surface area (Å²) >= 11 is 2.04. The second-order valence-electron chi connectivity index (χ2n) is 5.84. The van der Waals surface area contributed by atoms with Crippen LogP contribution in [0.5, 0.6) is 0 Å². The zero-order valence-corrected chi connectivity index (χ0v) is 14.5. The van der Waals surface area contributed by atoms with Gasteiger partial charge in [-0.15, -0.1) is 0 Å². The number of rotatable bonds is 6. The van der Waals surface area contributed by atoms with E-state index >= 15 is 0 Å². The van der Waals surface area contributed by atoms with Gasteiger partial charge in [0.2, 0.25) is 0 Å². The number of benzene rings is 1. The highest BCUT2D eigenvalue weighted by atomic mass is 32.2. The molecule has 2 N–H and O–H groups in total. The molecule has 1 fully saturated rings. The molecule has 0 radical (unpaired) electrons. The quantitative estimate of drug-likeness (QED) is 0.844. The number of nitrogens with one attached hydrogen (secondary N) is 2. The summed E-state index contributed by atoms with van der Waals surface area (Å²) in [7, 11) is 0. The minimum absolute atomic E-state index is 0.213. The Kier molecular flexibility index (Phi) is 6.20. The maximum Gasteiger partial charge on any atom is 0.319 e. The van der Waals surface area contributed by atoms with Crippen molar-refractivity contribution in [2.45, 2.75) is 13.0 Å². The lowest BCUT2D eigenvalue weighted by Gasteiger charge is -2.26. The lowest BCUT2D eigenvalue weighted by Crippen LogP contribution is -2.34. The third-order valence-electron chi connectivity index (χ3n) is 4.07. The lowest BCUT2D eigenvalue weighted by molar-refractivity contribution is 0.251. The zero-order valence-electron chi connectivity index (χ0n) is 13.7. The monoisotopic (exact) mass is 345 g/mol. The van der Waals surface area contributed by atoms with E-state index in [2.05, 4.69) is 27.7 Å². The zero-order chi connectivity index (χ0) is 16.6. The van der Waals surface area contributed by atoms with E-state index in [9.17, 15) is 4.79 Å². The number of hydrogen-bond donors (Lipinski definition) is 2. The summed E-state index contributed by atoms with van der Waals surface area (Å²) in [4.78, 5) is 14.4. The number of urea groups is 1. The topological polar surface area (TPSA) is 57.5 Å². The third-order valence-corrected chi connectivity index (χ3v) is 5.01. The molecule has 6 heteroatoms. The van der Waals surface area contributed by atoms with Gasteiger partial charge in [0.15, 0.2) is 0 Å². The molecule has 3 rings (SSSR count). The number of carbonyl (C=O) groups is 1. The fourth-order valence-corrected chi connectivity index (χ4v) is 3.60. The Labute approximate surface area is 146 Å². The molecule has 0 atom stereocenters. The van der Waals surface area contributed by atoms with Crippen LogP contribution < -0.4 is 10.6 Å². The van der Waals surface area contributed by atoms with E-state index in [1.54, 1.807) is 12.5 Å². The van der Waals surface area contributed by atoms with E-state index in [4.69, 9.17) is 4.42 Å². The van der Waals surface area contributed by atoms with Gasteiger partial charge in [-0.2, -0.15) is 11.8 Å². The van der Waals surface area contributed by atoms with Crippen molar-refractivity contribution in [3.8, 4) is 0 Å². The van der Waals surface area contributed by atoms with Crippen molar-refractivity contribution >= 4 is 23.5 Å². The second-order valence-corrected chi connectivity index (χ2v) is 7.06. The van der Waals surface area contributed by atoms with E-state index < -0.39 is 0 Å². The molecule has 0 aliphatic carbocycles. The summed E-state index contributed by atoms with van der Waals surface area (Å²) in [6.07, 6.45) is 4.27. The molecule has 2 amide bonds. The van der Waals surface area contributed by atoms with Crippen LogP contribution in [0.4, 0.5) is 10.5 Å². The van der Waals surface area contributed by atoms with E-state index in [1.165, 1.54) is 30.2 Å². The Morgan fingerprint density at radius 3 is 2.62 bits per heavy atom.